The van der Waals surface area contributed by atoms with Crippen molar-refractivity contribution in [2.24, 2.45) is 0 Å². The van der Waals surface area contributed by atoms with E-state index in [1.807, 2.05) is 24.3 Å². The molecule has 0 fully saturated rings. The summed E-state index contributed by atoms with van der Waals surface area (Å²) in [6.45, 7) is 0.446. The summed E-state index contributed by atoms with van der Waals surface area (Å²) >= 11 is 5.96. The Morgan fingerprint density at radius 3 is 2.77 bits per heavy atom. The molecule has 1 aliphatic heterocycles. The molecule has 0 spiro atoms. The third-order valence-corrected chi connectivity index (χ3v) is 2.34. The maximum absolute atomic E-state index is 9.42. The molecule has 66 valence electrons. The van der Waals surface area contributed by atoms with Crippen molar-refractivity contribution in [1.29, 1.82) is 0 Å². The van der Waals surface area contributed by atoms with Crippen LogP contribution in [0.3, 0.4) is 0 Å². The average molecular weight is 194 g/mol. The Labute approximate surface area is 81.9 Å². The van der Waals surface area contributed by atoms with Crippen molar-refractivity contribution in [2.45, 2.75) is 0 Å². The van der Waals surface area contributed by atoms with Gasteiger partial charge in [-0.05, 0) is 17.1 Å². The third kappa shape index (κ3) is 1.63. The SMILES string of the molecule is OB1OCC=C1c1ccccc1Cl. The average Bonchev–Trinajstić information content (AvgIpc) is 2.52. The van der Waals surface area contributed by atoms with Crippen LogP contribution in [0.4, 0.5) is 0 Å². The summed E-state index contributed by atoms with van der Waals surface area (Å²) in [4.78, 5) is 0. The van der Waals surface area contributed by atoms with Gasteiger partial charge in [0.2, 0.25) is 0 Å². The molecule has 1 aromatic rings. The van der Waals surface area contributed by atoms with Crippen molar-refractivity contribution in [3.63, 3.8) is 0 Å². The van der Waals surface area contributed by atoms with Gasteiger partial charge in [0.05, 0.1) is 6.61 Å². The molecule has 0 atom stereocenters. The van der Waals surface area contributed by atoms with Crippen molar-refractivity contribution < 1.29 is 9.68 Å². The first-order valence-electron chi connectivity index (χ1n) is 4.03. The molecule has 1 aromatic carbocycles. The first-order chi connectivity index (χ1) is 6.29. The molecule has 0 saturated heterocycles. The first kappa shape index (κ1) is 8.82. The summed E-state index contributed by atoms with van der Waals surface area (Å²) in [5, 5.41) is 10.1. The standard InChI is InChI=1S/C9H8BClO2/c11-9-4-2-1-3-7(9)8-5-6-13-10(8)12/h1-5,12H,6H2. The van der Waals surface area contributed by atoms with Crippen molar-refractivity contribution in [1.82, 2.24) is 0 Å². The lowest BCUT2D eigenvalue weighted by Crippen LogP contribution is -2.14. The van der Waals surface area contributed by atoms with Gasteiger partial charge in [0.15, 0.2) is 0 Å². The highest BCUT2D eigenvalue weighted by molar-refractivity contribution is 6.68. The Hall–Kier alpha value is -0.765. The van der Waals surface area contributed by atoms with Gasteiger partial charge >= 0.3 is 7.12 Å². The second-order valence-electron chi connectivity index (χ2n) is 2.83. The van der Waals surface area contributed by atoms with Crippen molar-refractivity contribution in [3.8, 4) is 0 Å². The quantitative estimate of drug-likeness (QED) is 0.691. The molecule has 0 aliphatic carbocycles. The summed E-state index contributed by atoms with van der Waals surface area (Å²) in [7, 11) is -0.833. The van der Waals surface area contributed by atoms with Crippen LogP contribution < -0.4 is 0 Å². The molecule has 0 aromatic heterocycles. The highest BCUT2D eigenvalue weighted by Gasteiger charge is 2.26. The van der Waals surface area contributed by atoms with Crippen LogP contribution in [0.15, 0.2) is 30.3 Å². The molecule has 0 radical (unpaired) electrons. The van der Waals surface area contributed by atoms with Crippen LogP contribution in [0.5, 0.6) is 0 Å². The smallest absolute Gasteiger partial charge is 0.423 e. The van der Waals surface area contributed by atoms with E-state index in [-0.39, 0.29) is 0 Å². The predicted molar refractivity (Wildman–Crippen MR) is 53.4 cm³/mol. The van der Waals surface area contributed by atoms with E-state index in [9.17, 15) is 5.02 Å². The van der Waals surface area contributed by atoms with Crippen LogP contribution in [-0.2, 0) is 4.65 Å². The zero-order valence-corrected chi connectivity index (χ0v) is 7.66. The highest BCUT2D eigenvalue weighted by atomic mass is 35.5. The lowest BCUT2D eigenvalue weighted by molar-refractivity contribution is 0.316. The topological polar surface area (TPSA) is 29.5 Å². The van der Waals surface area contributed by atoms with Crippen LogP contribution in [0.2, 0.25) is 5.02 Å². The molecule has 0 saturated carbocycles. The number of hydrogen-bond donors (Lipinski definition) is 1. The normalized spacial score (nSPS) is 16.2. The van der Waals surface area contributed by atoms with Gasteiger partial charge in [-0.1, -0.05) is 35.9 Å². The highest BCUT2D eigenvalue weighted by Crippen LogP contribution is 2.27. The summed E-state index contributed by atoms with van der Waals surface area (Å²) in [6, 6.07) is 7.40. The predicted octanol–water partition coefficient (Wildman–Crippen LogP) is 1.77. The monoisotopic (exact) mass is 194 g/mol. The first-order valence-corrected chi connectivity index (χ1v) is 4.41. The van der Waals surface area contributed by atoms with Crippen molar-refractivity contribution >= 4 is 24.2 Å². The summed E-state index contributed by atoms with van der Waals surface area (Å²) in [5.41, 5.74) is 1.60. The van der Waals surface area contributed by atoms with Gasteiger partial charge in [0.25, 0.3) is 0 Å². The van der Waals surface area contributed by atoms with Gasteiger partial charge in [-0.25, -0.2) is 0 Å². The molecule has 0 unspecified atom stereocenters. The lowest BCUT2D eigenvalue weighted by atomic mass is 9.76. The van der Waals surface area contributed by atoms with Gasteiger partial charge in [-0.3, -0.25) is 0 Å². The molecule has 0 amide bonds. The maximum atomic E-state index is 9.42. The third-order valence-electron chi connectivity index (χ3n) is 2.01. The Morgan fingerprint density at radius 1 is 1.38 bits per heavy atom. The zero-order valence-electron chi connectivity index (χ0n) is 6.90. The van der Waals surface area contributed by atoms with E-state index < -0.39 is 7.12 Å². The van der Waals surface area contributed by atoms with Crippen LogP contribution in [0, 0.1) is 0 Å². The Bertz CT molecular complexity index is 351. The Balaban J connectivity index is 2.40. The van der Waals surface area contributed by atoms with Crippen LogP contribution in [0.1, 0.15) is 5.56 Å². The van der Waals surface area contributed by atoms with Crippen LogP contribution >= 0.6 is 11.6 Å². The fourth-order valence-corrected chi connectivity index (χ4v) is 1.60. The number of halogens is 1. The van der Waals surface area contributed by atoms with Crippen LogP contribution in [-0.4, -0.2) is 18.7 Å². The minimum atomic E-state index is -0.833. The van der Waals surface area contributed by atoms with E-state index in [1.165, 1.54) is 0 Å². The lowest BCUT2D eigenvalue weighted by Gasteiger charge is -2.05. The molecule has 1 aliphatic rings. The summed E-state index contributed by atoms with van der Waals surface area (Å²) < 4.78 is 4.98. The molecule has 4 heteroatoms. The van der Waals surface area contributed by atoms with Crippen LogP contribution in [0.25, 0.3) is 5.47 Å². The Kier molecular flexibility index (Phi) is 2.40. The second kappa shape index (κ2) is 3.54. The van der Waals surface area contributed by atoms with Gasteiger partial charge in [0.1, 0.15) is 0 Å². The number of rotatable bonds is 1. The summed E-state index contributed by atoms with van der Waals surface area (Å²) in [5.74, 6) is 0. The van der Waals surface area contributed by atoms with E-state index in [4.69, 9.17) is 16.3 Å². The maximum Gasteiger partial charge on any atom is 0.491 e. The second-order valence-corrected chi connectivity index (χ2v) is 3.23. The molecular formula is C9H8BClO2. The van der Waals surface area contributed by atoms with E-state index in [2.05, 4.69) is 0 Å². The molecule has 2 nitrogen and oxygen atoms in total. The van der Waals surface area contributed by atoms with Gasteiger partial charge in [-0.2, -0.15) is 0 Å². The molecule has 0 bridgehead atoms. The molecule has 1 N–H and O–H groups in total. The van der Waals surface area contributed by atoms with Gasteiger partial charge in [-0.15, -0.1) is 0 Å². The fraction of sp³-hybridized carbons (Fsp3) is 0.111. The van der Waals surface area contributed by atoms with E-state index in [0.717, 1.165) is 11.0 Å². The van der Waals surface area contributed by atoms with Crippen molar-refractivity contribution in [2.75, 3.05) is 6.61 Å². The fourth-order valence-electron chi connectivity index (χ4n) is 1.36. The molecule has 2 rings (SSSR count). The van der Waals surface area contributed by atoms with Crippen molar-refractivity contribution in [3.05, 3.63) is 40.9 Å². The molecule has 13 heavy (non-hydrogen) atoms. The van der Waals surface area contributed by atoms with Gasteiger partial charge in [0, 0.05) is 5.02 Å². The minimum absolute atomic E-state index is 0.446. The minimum Gasteiger partial charge on any atom is -0.423 e. The van der Waals surface area contributed by atoms with E-state index in [0.29, 0.717) is 11.6 Å². The number of hydrogen-bond acceptors (Lipinski definition) is 2. The molecule has 1 heterocycles. The zero-order chi connectivity index (χ0) is 9.26. The largest absolute Gasteiger partial charge is 0.491 e. The number of benzene rings is 1. The van der Waals surface area contributed by atoms with E-state index >= 15 is 0 Å². The van der Waals surface area contributed by atoms with Gasteiger partial charge < -0.3 is 9.68 Å². The summed E-state index contributed by atoms with van der Waals surface area (Å²) in [6.07, 6.45) is 1.84. The Morgan fingerprint density at radius 2 is 2.15 bits per heavy atom. The molecular weight excluding hydrogens is 186 g/mol. The van der Waals surface area contributed by atoms with E-state index in [1.54, 1.807) is 6.07 Å².